The number of hydrogen-bond acceptors (Lipinski definition) is 7. The first-order valence-corrected chi connectivity index (χ1v) is 8.40. The molecule has 0 unspecified atom stereocenters. The maximum Gasteiger partial charge on any atom is 0.329 e. The van der Waals surface area contributed by atoms with Gasteiger partial charge in [0.1, 0.15) is 17.5 Å². The minimum Gasteiger partial charge on any atom is -0.497 e. The number of ether oxygens (including phenoxy) is 3. The van der Waals surface area contributed by atoms with E-state index >= 15 is 0 Å². The van der Waals surface area contributed by atoms with Crippen LogP contribution in [0.3, 0.4) is 0 Å². The van der Waals surface area contributed by atoms with Gasteiger partial charge in [-0.25, -0.2) is 4.79 Å². The molecule has 1 aliphatic rings. The molecule has 1 aliphatic heterocycles. The summed E-state index contributed by atoms with van der Waals surface area (Å²) in [5, 5.41) is -0.510. The standard InChI is InChI=1S/C17H19NO6S/c1-5-24-16(20)10(2)18-15(19)14(25-17(18)21)8-11-6-7-12(22-3)9-13(11)23-4/h6-10H,5H2,1-4H3/b14-8-/t10-/m0/s1. The highest BCUT2D eigenvalue weighted by Crippen LogP contribution is 2.36. The molecular weight excluding hydrogens is 346 g/mol. The lowest BCUT2D eigenvalue weighted by Crippen LogP contribution is -2.42. The zero-order valence-corrected chi connectivity index (χ0v) is 15.2. The lowest BCUT2D eigenvalue weighted by molar-refractivity contribution is -0.150. The van der Waals surface area contributed by atoms with E-state index in [9.17, 15) is 14.4 Å². The van der Waals surface area contributed by atoms with Gasteiger partial charge in [-0.3, -0.25) is 14.5 Å². The van der Waals surface area contributed by atoms with E-state index in [-0.39, 0.29) is 11.5 Å². The smallest absolute Gasteiger partial charge is 0.329 e. The van der Waals surface area contributed by atoms with Gasteiger partial charge in [-0.15, -0.1) is 0 Å². The Labute approximate surface area is 149 Å². The topological polar surface area (TPSA) is 82.1 Å². The van der Waals surface area contributed by atoms with Crippen molar-refractivity contribution >= 4 is 35.0 Å². The summed E-state index contributed by atoms with van der Waals surface area (Å²) < 4.78 is 15.3. The summed E-state index contributed by atoms with van der Waals surface area (Å²) in [5.74, 6) is -0.0378. The van der Waals surface area contributed by atoms with Gasteiger partial charge in [0.15, 0.2) is 0 Å². The van der Waals surface area contributed by atoms with Crippen molar-refractivity contribution in [1.29, 1.82) is 0 Å². The van der Waals surface area contributed by atoms with E-state index in [2.05, 4.69) is 0 Å². The van der Waals surface area contributed by atoms with Gasteiger partial charge < -0.3 is 14.2 Å². The molecule has 1 heterocycles. The molecule has 0 aromatic heterocycles. The van der Waals surface area contributed by atoms with E-state index in [0.717, 1.165) is 16.7 Å². The zero-order chi connectivity index (χ0) is 18.6. The lowest BCUT2D eigenvalue weighted by atomic mass is 10.1. The molecule has 2 amide bonds. The lowest BCUT2D eigenvalue weighted by Gasteiger charge is -2.19. The van der Waals surface area contributed by atoms with Crippen molar-refractivity contribution in [1.82, 2.24) is 4.90 Å². The molecule has 1 atom stereocenters. The second kappa shape index (κ2) is 8.06. The number of methoxy groups -OCH3 is 2. The van der Waals surface area contributed by atoms with Gasteiger partial charge in [0.25, 0.3) is 11.1 Å². The van der Waals surface area contributed by atoms with E-state index in [1.807, 2.05) is 0 Å². The van der Waals surface area contributed by atoms with E-state index in [4.69, 9.17) is 14.2 Å². The summed E-state index contributed by atoms with van der Waals surface area (Å²) in [6, 6.07) is 4.15. The normalized spacial score (nSPS) is 17.0. The summed E-state index contributed by atoms with van der Waals surface area (Å²) in [4.78, 5) is 37.6. The third kappa shape index (κ3) is 3.96. The van der Waals surface area contributed by atoms with Crippen LogP contribution in [0.1, 0.15) is 19.4 Å². The molecule has 0 saturated carbocycles. The number of esters is 1. The van der Waals surface area contributed by atoms with Crippen molar-refractivity contribution in [2.45, 2.75) is 19.9 Å². The number of thioether (sulfide) groups is 1. The van der Waals surface area contributed by atoms with Crippen LogP contribution in [-0.4, -0.2) is 48.9 Å². The van der Waals surface area contributed by atoms with Gasteiger partial charge in [0, 0.05) is 11.6 Å². The van der Waals surface area contributed by atoms with E-state index in [0.29, 0.717) is 17.1 Å². The van der Waals surface area contributed by atoms with Crippen molar-refractivity contribution in [2.24, 2.45) is 0 Å². The number of rotatable bonds is 6. The fraction of sp³-hybridized carbons (Fsp3) is 0.353. The summed E-state index contributed by atoms with van der Waals surface area (Å²) in [7, 11) is 3.04. The Morgan fingerprint density at radius 3 is 2.60 bits per heavy atom. The van der Waals surface area contributed by atoms with Crippen molar-refractivity contribution in [3.63, 3.8) is 0 Å². The van der Waals surface area contributed by atoms with Crippen molar-refractivity contribution in [2.75, 3.05) is 20.8 Å². The van der Waals surface area contributed by atoms with Crippen molar-refractivity contribution in [3.05, 3.63) is 28.7 Å². The fourth-order valence-electron chi connectivity index (χ4n) is 2.26. The molecule has 134 valence electrons. The molecule has 0 bridgehead atoms. The molecule has 1 aromatic carbocycles. The molecule has 1 saturated heterocycles. The van der Waals surface area contributed by atoms with Crippen LogP contribution in [0, 0.1) is 0 Å². The minimum absolute atomic E-state index is 0.179. The van der Waals surface area contributed by atoms with Gasteiger partial charge in [0.2, 0.25) is 0 Å². The van der Waals surface area contributed by atoms with Gasteiger partial charge in [-0.05, 0) is 43.8 Å². The van der Waals surface area contributed by atoms with E-state index < -0.39 is 23.2 Å². The number of hydrogen-bond donors (Lipinski definition) is 0. The summed E-state index contributed by atoms with van der Waals surface area (Å²) in [6.45, 7) is 3.30. The van der Waals surface area contributed by atoms with Gasteiger partial charge >= 0.3 is 5.97 Å². The molecule has 1 aromatic rings. The summed E-state index contributed by atoms with van der Waals surface area (Å²) in [6.07, 6.45) is 1.56. The van der Waals surface area contributed by atoms with Crippen molar-refractivity contribution < 1.29 is 28.6 Å². The van der Waals surface area contributed by atoms with E-state index in [1.165, 1.54) is 21.1 Å². The average Bonchev–Trinajstić information content (AvgIpc) is 2.88. The molecule has 8 heteroatoms. The Bertz CT molecular complexity index is 730. The average molecular weight is 365 g/mol. The third-order valence-electron chi connectivity index (χ3n) is 3.57. The first kappa shape index (κ1) is 18.9. The number of benzene rings is 1. The zero-order valence-electron chi connectivity index (χ0n) is 14.4. The Morgan fingerprint density at radius 1 is 1.28 bits per heavy atom. The largest absolute Gasteiger partial charge is 0.497 e. The molecule has 2 rings (SSSR count). The van der Waals surface area contributed by atoms with Gasteiger partial charge in [-0.1, -0.05) is 0 Å². The minimum atomic E-state index is -0.976. The van der Waals surface area contributed by atoms with Crippen LogP contribution in [0.25, 0.3) is 6.08 Å². The molecule has 0 radical (unpaired) electrons. The molecule has 0 spiro atoms. The fourth-order valence-corrected chi connectivity index (χ4v) is 3.16. The molecular formula is C17H19NO6S. The number of carbonyl (C=O) groups excluding carboxylic acids is 3. The first-order chi connectivity index (χ1) is 11.9. The number of amides is 2. The highest BCUT2D eigenvalue weighted by molar-refractivity contribution is 8.18. The monoisotopic (exact) mass is 365 g/mol. The van der Waals surface area contributed by atoms with Crippen LogP contribution in [-0.2, 0) is 14.3 Å². The van der Waals surface area contributed by atoms with Crippen molar-refractivity contribution in [3.8, 4) is 11.5 Å². The maximum absolute atomic E-state index is 12.5. The predicted octanol–water partition coefficient (Wildman–Crippen LogP) is 2.69. The molecule has 1 fully saturated rings. The Balaban J connectivity index is 2.30. The Morgan fingerprint density at radius 2 is 2.00 bits per heavy atom. The quantitative estimate of drug-likeness (QED) is 0.566. The van der Waals surface area contributed by atoms with Crippen LogP contribution >= 0.6 is 11.8 Å². The molecule has 25 heavy (non-hydrogen) atoms. The maximum atomic E-state index is 12.5. The van der Waals surface area contributed by atoms with Crippen LogP contribution in [0.15, 0.2) is 23.1 Å². The van der Waals surface area contributed by atoms with Crippen LogP contribution in [0.4, 0.5) is 4.79 Å². The third-order valence-corrected chi connectivity index (χ3v) is 4.45. The SMILES string of the molecule is CCOC(=O)[C@H](C)N1C(=O)S/C(=C\c2ccc(OC)cc2OC)C1=O. The van der Waals surface area contributed by atoms with E-state index in [1.54, 1.807) is 31.2 Å². The Hall–Kier alpha value is -2.48. The van der Waals surface area contributed by atoms with Gasteiger partial charge in [0.05, 0.1) is 25.7 Å². The second-order valence-electron chi connectivity index (χ2n) is 5.09. The molecule has 0 N–H and O–H groups in total. The number of nitrogens with zero attached hydrogens (tertiary/aromatic N) is 1. The highest BCUT2D eigenvalue weighted by atomic mass is 32.2. The predicted molar refractivity (Wildman–Crippen MR) is 93.5 cm³/mol. The van der Waals surface area contributed by atoms with Gasteiger partial charge in [-0.2, -0.15) is 0 Å². The summed E-state index contributed by atoms with van der Waals surface area (Å²) in [5.41, 5.74) is 0.623. The second-order valence-corrected chi connectivity index (χ2v) is 6.08. The van der Waals surface area contributed by atoms with Crippen LogP contribution < -0.4 is 9.47 Å². The Kier molecular flexibility index (Phi) is 6.08. The number of imide groups is 1. The molecule has 0 aliphatic carbocycles. The number of carbonyl (C=O) groups is 3. The highest BCUT2D eigenvalue weighted by Gasteiger charge is 2.41. The van der Waals surface area contributed by atoms with Crippen LogP contribution in [0.2, 0.25) is 0 Å². The summed E-state index contributed by atoms with van der Waals surface area (Å²) >= 11 is 0.774. The molecule has 7 nitrogen and oxygen atoms in total. The first-order valence-electron chi connectivity index (χ1n) is 7.58. The van der Waals surface area contributed by atoms with Crippen LogP contribution in [0.5, 0.6) is 11.5 Å².